The fourth-order valence-corrected chi connectivity index (χ4v) is 3.66. The maximum atomic E-state index is 12.5. The summed E-state index contributed by atoms with van der Waals surface area (Å²) in [5.41, 5.74) is 5.85. The lowest BCUT2D eigenvalue weighted by Crippen LogP contribution is -2.33. The van der Waals surface area contributed by atoms with E-state index in [4.69, 9.17) is 9.47 Å². The van der Waals surface area contributed by atoms with Gasteiger partial charge in [-0.1, -0.05) is 57.3 Å². The fourth-order valence-electron chi connectivity index (χ4n) is 3.66. The molecule has 6 heteroatoms. The molecule has 0 N–H and O–H groups in total. The minimum atomic E-state index is -4.30. The molecule has 0 radical (unpaired) electrons. The van der Waals surface area contributed by atoms with Gasteiger partial charge in [-0.05, 0) is 111 Å². The van der Waals surface area contributed by atoms with Gasteiger partial charge in [-0.15, -0.1) is 0 Å². The van der Waals surface area contributed by atoms with Gasteiger partial charge in [0.1, 0.15) is 11.5 Å². The number of allylic oxidation sites excluding steroid dienone is 5. The van der Waals surface area contributed by atoms with Crippen LogP contribution < -0.4 is 4.74 Å². The van der Waals surface area contributed by atoms with Crippen molar-refractivity contribution in [1.82, 2.24) is 0 Å². The molecule has 0 atom stereocenters. The molecule has 0 spiro atoms. The summed E-state index contributed by atoms with van der Waals surface area (Å²) in [7, 11) is 3.09. The van der Waals surface area contributed by atoms with Crippen molar-refractivity contribution < 1.29 is 27.4 Å². The van der Waals surface area contributed by atoms with Crippen LogP contribution in [0.5, 0.6) is 5.75 Å². The van der Waals surface area contributed by atoms with Crippen molar-refractivity contribution in [2.45, 2.75) is 74.9 Å². The molecule has 226 valence electrons. The predicted molar refractivity (Wildman–Crippen MR) is 167 cm³/mol. The second kappa shape index (κ2) is 16.7. The smallest absolute Gasteiger partial charge is 0.397 e. The molecule has 0 aliphatic carbocycles. The molecule has 2 rings (SSSR count). The summed E-state index contributed by atoms with van der Waals surface area (Å²) >= 11 is 0. The second-order valence-electron chi connectivity index (χ2n) is 10.1. The fraction of sp³-hybridized carbons (Fsp3) is 0.400. The third-order valence-corrected chi connectivity index (χ3v) is 6.64. The van der Waals surface area contributed by atoms with Crippen LogP contribution >= 0.6 is 0 Å². The van der Waals surface area contributed by atoms with Crippen LogP contribution in [0.4, 0.5) is 13.2 Å². The lowest BCUT2D eigenvalue weighted by atomic mass is 9.84. The number of carbonyl (C=O) groups is 1. The Kier molecular flexibility index (Phi) is 15.2. The molecule has 2 aromatic rings. The van der Waals surface area contributed by atoms with Crippen LogP contribution in [-0.2, 0) is 16.0 Å². The standard InChI is InChI=1S/C23H26O2.C10H15F3O.C2H6/c1-7-19(13-22-14-23(25-6)17(4)10-15(22)2)21-9-8-20(12-18(5)24)16(3)11-21;1-7(6-8(2)14-5)9(3,4)10(11,12)13;1-2/h7-11,13-14H,1,12H2,2-6H3;6H,1H2,2-5H3;1-2H3/b19-13+;8-6-;. The van der Waals surface area contributed by atoms with Gasteiger partial charge < -0.3 is 9.47 Å². The van der Waals surface area contributed by atoms with Gasteiger partial charge in [-0.25, -0.2) is 0 Å². The maximum absolute atomic E-state index is 12.5. The number of alkyl halides is 3. The highest BCUT2D eigenvalue weighted by Gasteiger charge is 2.48. The Morgan fingerprint density at radius 1 is 0.951 bits per heavy atom. The van der Waals surface area contributed by atoms with Crippen molar-refractivity contribution in [2.75, 3.05) is 14.2 Å². The highest BCUT2D eigenvalue weighted by molar-refractivity contribution is 5.88. The molecule has 2 aromatic carbocycles. The van der Waals surface area contributed by atoms with Gasteiger partial charge in [-0.2, -0.15) is 13.2 Å². The van der Waals surface area contributed by atoms with Gasteiger partial charge in [0.25, 0.3) is 0 Å². The number of hydrogen-bond donors (Lipinski definition) is 0. The molecule has 0 amide bonds. The molecule has 41 heavy (non-hydrogen) atoms. The van der Waals surface area contributed by atoms with E-state index in [1.54, 1.807) is 21.0 Å². The van der Waals surface area contributed by atoms with Gasteiger partial charge in [-0.3, -0.25) is 4.79 Å². The van der Waals surface area contributed by atoms with Crippen LogP contribution in [-0.4, -0.2) is 26.2 Å². The largest absolute Gasteiger partial charge is 0.501 e. The Labute approximate surface area is 245 Å². The Balaban J connectivity index is 0.000000853. The molecule has 0 unspecified atom stereocenters. The first kappa shape index (κ1) is 37.5. The first-order valence-electron chi connectivity index (χ1n) is 13.6. The molecular formula is C35H47F3O3. The zero-order valence-corrected chi connectivity index (χ0v) is 26.6. The van der Waals surface area contributed by atoms with E-state index in [1.807, 2.05) is 39.8 Å². The SMILES string of the molecule is C=C(/C=C(/C)OC)C(C)(C)C(F)(F)F.C=C/C(=C\c1cc(OC)c(C)cc1C)c1ccc(CC(C)=O)c(C)c1.CC. The molecule has 0 heterocycles. The minimum absolute atomic E-state index is 0.00986. The van der Waals surface area contributed by atoms with Crippen molar-refractivity contribution in [1.29, 1.82) is 0 Å². The number of benzene rings is 2. The van der Waals surface area contributed by atoms with Crippen molar-refractivity contribution in [2.24, 2.45) is 5.41 Å². The summed E-state index contributed by atoms with van der Waals surface area (Å²) in [6.45, 7) is 22.9. The van der Waals surface area contributed by atoms with E-state index in [1.165, 1.54) is 18.7 Å². The maximum Gasteiger partial charge on any atom is 0.397 e. The van der Waals surface area contributed by atoms with Gasteiger partial charge in [0.15, 0.2) is 0 Å². The van der Waals surface area contributed by atoms with Crippen molar-refractivity contribution in [3.63, 3.8) is 0 Å². The molecule has 0 saturated carbocycles. The molecule has 3 nitrogen and oxygen atoms in total. The first-order chi connectivity index (χ1) is 19.0. The lowest BCUT2D eigenvalue weighted by molar-refractivity contribution is -0.196. The molecule has 0 aromatic heterocycles. The average molecular weight is 573 g/mol. The number of rotatable bonds is 9. The van der Waals surface area contributed by atoms with E-state index < -0.39 is 11.6 Å². The molecule has 0 saturated heterocycles. The normalized spacial score (nSPS) is 11.9. The monoisotopic (exact) mass is 572 g/mol. The third kappa shape index (κ3) is 11.1. The van der Waals surface area contributed by atoms with Crippen molar-refractivity contribution >= 4 is 17.4 Å². The van der Waals surface area contributed by atoms with E-state index in [9.17, 15) is 18.0 Å². The van der Waals surface area contributed by atoms with Gasteiger partial charge in [0, 0.05) is 6.42 Å². The number of halogens is 3. The van der Waals surface area contributed by atoms with Crippen LogP contribution in [0.25, 0.3) is 11.6 Å². The summed E-state index contributed by atoms with van der Waals surface area (Å²) in [5.74, 6) is 1.47. The number of ketones is 1. The third-order valence-electron chi connectivity index (χ3n) is 6.64. The number of aryl methyl sites for hydroxylation is 3. The summed E-state index contributed by atoms with van der Waals surface area (Å²) in [4.78, 5) is 11.4. The number of methoxy groups -OCH3 is 2. The Hall–Kier alpha value is -3.54. The van der Waals surface area contributed by atoms with E-state index in [-0.39, 0.29) is 11.4 Å². The van der Waals surface area contributed by atoms with Crippen LogP contribution in [0.3, 0.4) is 0 Å². The zero-order valence-electron chi connectivity index (χ0n) is 26.6. The quantitative estimate of drug-likeness (QED) is 0.170. The second-order valence-corrected chi connectivity index (χ2v) is 10.1. The first-order valence-corrected chi connectivity index (χ1v) is 13.6. The number of hydrogen-bond acceptors (Lipinski definition) is 3. The summed E-state index contributed by atoms with van der Waals surface area (Å²) in [6.07, 6.45) is 1.48. The summed E-state index contributed by atoms with van der Waals surface area (Å²) in [5, 5.41) is 0. The Bertz CT molecular complexity index is 1260. The van der Waals surface area contributed by atoms with Gasteiger partial charge >= 0.3 is 6.18 Å². The lowest BCUT2D eigenvalue weighted by Gasteiger charge is -2.28. The summed E-state index contributed by atoms with van der Waals surface area (Å²) in [6, 6.07) is 10.4. The Morgan fingerprint density at radius 3 is 1.98 bits per heavy atom. The number of ether oxygens (including phenoxy) is 2. The molecular weight excluding hydrogens is 525 g/mol. The zero-order chi connectivity index (χ0) is 32.1. The molecule has 0 aliphatic rings. The van der Waals surface area contributed by atoms with E-state index in [0.717, 1.165) is 53.0 Å². The molecule has 0 bridgehead atoms. The average Bonchev–Trinajstić information content (AvgIpc) is 2.90. The van der Waals surface area contributed by atoms with E-state index >= 15 is 0 Å². The minimum Gasteiger partial charge on any atom is -0.501 e. The van der Waals surface area contributed by atoms with Crippen LogP contribution in [0.2, 0.25) is 0 Å². The van der Waals surface area contributed by atoms with E-state index in [2.05, 4.69) is 50.4 Å². The van der Waals surface area contributed by atoms with Gasteiger partial charge in [0.2, 0.25) is 0 Å². The van der Waals surface area contributed by atoms with Crippen LogP contribution in [0.15, 0.2) is 67.0 Å². The number of Topliss-reactive ketones (excluding diaryl/α,β-unsaturated/α-hetero) is 1. The Morgan fingerprint density at radius 2 is 1.54 bits per heavy atom. The van der Waals surface area contributed by atoms with Gasteiger partial charge in [0.05, 0.1) is 25.4 Å². The topological polar surface area (TPSA) is 35.5 Å². The van der Waals surface area contributed by atoms with Crippen molar-refractivity contribution in [3.8, 4) is 5.75 Å². The summed E-state index contributed by atoms with van der Waals surface area (Å²) < 4.78 is 47.7. The highest BCUT2D eigenvalue weighted by Crippen LogP contribution is 2.43. The van der Waals surface area contributed by atoms with E-state index in [0.29, 0.717) is 12.2 Å². The van der Waals surface area contributed by atoms with Crippen molar-refractivity contribution in [3.05, 3.63) is 100 Å². The predicted octanol–water partition coefficient (Wildman–Crippen LogP) is 10.2. The van der Waals surface area contributed by atoms with Crippen LogP contribution in [0, 0.1) is 26.2 Å². The highest BCUT2D eigenvalue weighted by atomic mass is 19.4. The van der Waals surface area contributed by atoms with Crippen LogP contribution in [0.1, 0.15) is 74.9 Å². The molecule has 0 fully saturated rings. The molecule has 0 aliphatic heterocycles. The number of carbonyl (C=O) groups excluding carboxylic acids is 1.